The van der Waals surface area contributed by atoms with Crippen molar-refractivity contribution >= 4 is 21.8 Å². The number of rotatable bonds is 8. The highest BCUT2D eigenvalue weighted by molar-refractivity contribution is 7.99. The zero-order valence-corrected chi connectivity index (χ0v) is 19.5. The van der Waals surface area contributed by atoms with E-state index in [0.717, 1.165) is 22.6 Å². The number of thioether (sulfide) groups is 1. The van der Waals surface area contributed by atoms with E-state index in [1.165, 1.54) is 11.8 Å². The number of aromatic nitrogens is 3. The highest BCUT2D eigenvalue weighted by Crippen LogP contribution is 2.36. The Hall–Kier alpha value is -2.94. The lowest BCUT2D eigenvalue weighted by molar-refractivity contribution is 0.581. The number of hydrogen-bond donors (Lipinski definition) is 1. The zero-order chi connectivity index (χ0) is 22.6. The fraction of sp³-hybridized carbons (Fsp3) is 0.167. The molecule has 4 rings (SSSR count). The summed E-state index contributed by atoms with van der Waals surface area (Å²) in [5.74, 6) is 0.776. The minimum Gasteiger partial charge on any atom is -0.274 e. The Labute approximate surface area is 192 Å². The lowest BCUT2D eigenvalue weighted by Crippen LogP contribution is -2.27. The fourth-order valence-corrected chi connectivity index (χ4v) is 5.71. The maximum absolute atomic E-state index is 12.8. The highest BCUT2D eigenvalue weighted by atomic mass is 32.2. The van der Waals surface area contributed by atoms with Gasteiger partial charge in [0.05, 0.1) is 15.8 Å². The molecule has 32 heavy (non-hydrogen) atoms. The van der Waals surface area contributed by atoms with Gasteiger partial charge >= 0.3 is 0 Å². The molecule has 3 aromatic carbocycles. The summed E-state index contributed by atoms with van der Waals surface area (Å²) < 4.78 is 30.4. The lowest BCUT2D eigenvalue weighted by Gasteiger charge is -2.19. The molecule has 6 nitrogen and oxygen atoms in total. The lowest BCUT2D eigenvalue weighted by atomic mass is 10.1. The summed E-state index contributed by atoms with van der Waals surface area (Å²) in [6.45, 7) is 4.18. The maximum Gasteiger partial charge on any atom is 0.240 e. The van der Waals surface area contributed by atoms with Crippen LogP contribution < -0.4 is 4.72 Å². The van der Waals surface area contributed by atoms with Gasteiger partial charge in [0.2, 0.25) is 10.0 Å². The van der Waals surface area contributed by atoms with Gasteiger partial charge in [-0.25, -0.2) is 13.1 Å². The largest absolute Gasteiger partial charge is 0.274 e. The fourth-order valence-electron chi connectivity index (χ4n) is 3.40. The third kappa shape index (κ3) is 4.93. The first-order valence-electron chi connectivity index (χ1n) is 10.2. The molecule has 1 atom stereocenters. The second kappa shape index (κ2) is 9.68. The van der Waals surface area contributed by atoms with Gasteiger partial charge in [0.1, 0.15) is 5.82 Å². The summed E-state index contributed by atoms with van der Waals surface area (Å²) in [5, 5.41) is 9.21. The average molecular weight is 465 g/mol. The van der Waals surface area contributed by atoms with E-state index < -0.39 is 10.0 Å². The van der Waals surface area contributed by atoms with Crippen LogP contribution in [0.1, 0.15) is 22.2 Å². The van der Waals surface area contributed by atoms with Crippen LogP contribution in [0.15, 0.2) is 95.0 Å². The van der Waals surface area contributed by atoms with E-state index in [4.69, 9.17) is 0 Å². The van der Waals surface area contributed by atoms with E-state index in [0.29, 0.717) is 5.16 Å². The summed E-state index contributed by atoms with van der Waals surface area (Å²) >= 11 is 1.49. The summed E-state index contributed by atoms with van der Waals surface area (Å²) in [6.07, 6.45) is 0. The molecular formula is C24H24N4O2S2. The molecule has 0 saturated heterocycles. The van der Waals surface area contributed by atoms with Crippen molar-refractivity contribution in [2.75, 3.05) is 6.54 Å². The Kier molecular flexibility index (Phi) is 6.74. The van der Waals surface area contributed by atoms with Crippen LogP contribution in [0.5, 0.6) is 0 Å². The molecule has 4 aromatic rings. The van der Waals surface area contributed by atoms with Crippen molar-refractivity contribution < 1.29 is 8.42 Å². The van der Waals surface area contributed by atoms with Gasteiger partial charge in [0, 0.05) is 6.54 Å². The first-order chi connectivity index (χ1) is 15.5. The van der Waals surface area contributed by atoms with E-state index in [2.05, 4.69) is 14.9 Å². The summed E-state index contributed by atoms with van der Waals surface area (Å²) in [6, 6.07) is 26.3. The SMILES string of the molecule is Cc1ccccc1-n1c(C)nnc1S[C@@H](CNS(=O)(=O)c1ccccc1)c1ccccc1. The van der Waals surface area contributed by atoms with Crippen molar-refractivity contribution in [1.29, 1.82) is 0 Å². The van der Waals surface area contributed by atoms with Crippen molar-refractivity contribution in [3.05, 3.63) is 102 Å². The number of benzene rings is 3. The van der Waals surface area contributed by atoms with Crippen molar-refractivity contribution in [3.8, 4) is 5.69 Å². The van der Waals surface area contributed by atoms with Crippen molar-refractivity contribution in [3.63, 3.8) is 0 Å². The molecule has 0 fully saturated rings. The molecule has 0 radical (unpaired) electrons. The molecule has 0 amide bonds. The van der Waals surface area contributed by atoms with Crippen molar-refractivity contribution in [2.24, 2.45) is 0 Å². The molecule has 1 heterocycles. The Morgan fingerprint density at radius 1 is 0.875 bits per heavy atom. The van der Waals surface area contributed by atoms with Gasteiger partial charge in [-0.15, -0.1) is 10.2 Å². The Morgan fingerprint density at radius 3 is 2.19 bits per heavy atom. The molecule has 1 N–H and O–H groups in total. The molecule has 0 saturated carbocycles. The van der Waals surface area contributed by atoms with Gasteiger partial charge in [-0.05, 0) is 43.2 Å². The number of hydrogen-bond acceptors (Lipinski definition) is 5. The molecule has 0 bridgehead atoms. The van der Waals surface area contributed by atoms with E-state index in [-0.39, 0.29) is 16.7 Å². The first-order valence-corrected chi connectivity index (χ1v) is 12.6. The van der Waals surface area contributed by atoms with Crippen LogP contribution in [-0.2, 0) is 10.0 Å². The van der Waals surface area contributed by atoms with Crippen LogP contribution in [0.2, 0.25) is 0 Å². The van der Waals surface area contributed by atoms with Crippen LogP contribution in [0.3, 0.4) is 0 Å². The summed E-state index contributed by atoms with van der Waals surface area (Å²) in [4.78, 5) is 0.246. The second-order valence-electron chi connectivity index (χ2n) is 7.33. The number of nitrogens with one attached hydrogen (secondary N) is 1. The van der Waals surface area contributed by atoms with Crippen LogP contribution >= 0.6 is 11.8 Å². The molecule has 0 aliphatic carbocycles. The molecule has 0 aliphatic rings. The van der Waals surface area contributed by atoms with Crippen molar-refractivity contribution in [2.45, 2.75) is 29.1 Å². The number of para-hydroxylation sites is 1. The van der Waals surface area contributed by atoms with E-state index in [1.54, 1.807) is 30.3 Å². The first kappa shape index (κ1) is 22.3. The van der Waals surface area contributed by atoms with E-state index in [9.17, 15) is 8.42 Å². The highest BCUT2D eigenvalue weighted by Gasteiger charge is 2.22. The number of nitrogens with zero attached hydrogens (tertiary/aromatic N) is 3. The van der Waals surface area contributed by atoms with Gasteiger partial charge < -0.3 is 0 Å². The van der Waals surface area contributed by atoms with Gasteiger partial charge in [-0.2, -0.15) is 0 Å². The molecule has 0 aliphatic heterocycles. The van der Waals surface area contributed by atoms with E-state index in [1.807, 2.05) is 73.0 Å². The average Bonchev–Trinajstić information content (AvgIpc) is 3.18. The zero-order valence-electron chi connectivity index (χ0n) is 17.8. The van der Waals surface area contributed by atoms with Gasteiger partial charge in [-0.1, -0.05) is 78.5 Å². The third-order valence-corrected chi connectivity index (χ3v) is 7.72. The predicted molar refractivity (Wildman–Crippen MR) is 128 cm³/mol. The number of aryl methyl sites for hydroxylation is 2. The van der Waals surface area contributed by atoms with Crippen molar-refractivity contribution in [1.82, 2.24) is 19.5 Å². The number of sulfonamides is 1. The molecule has 164 valence electrons. The minimum absolute atomic E-state index is 0.193. The Balaban J connectivity index is 1.65. The minimum atomic E-state index is -3.63. The van der Waals surface area contributed by atoms with Gasteiger partial charge in [0.15, 0.2) is 5.16 Å². The topological polar surface area (TPSA) is 76.9 Å². The molecule has 1 aromatic heterocycles. The Bertz CT molecular complexity index is 1290. The van der Waals surface area contributed by atoms with E-state index >= 15 is 0 Å². The molecule has 0 spiro atoms. The molecular weight excluding hydrogens is 440 g/mol. The second-order valence-corrected chi connectivity index (χ2v) is 10.3. The monoisotopic (exact) mass is 464 g/mol. The summed E-state index contributed by atoms with van der Waals surface area (Å²) in [7, 11) is -3.63. The van der Waals surface area contributed by atoms with Crippen LogP contribution in [-0.4, -0.2) is 29.7 Å². The van der Waals surface area contributed by atoms with Crippen LogP contribution in [0.4, 0.5) is 0 Å². The third-order valence-electron chi connectivity index (χ3n) is 5.08. The predicted octanol–water partition coefficient (Wildman–Crippen LogP) is 4.70. The Morgan fingerprint density at radius 2 is 1.50 bits per heavy atom. The normalized spacial score (nSPS) is 12.6. The summed E-state index contributed by atoms with van der Waals surface area (Å²) in [5.41, 5.74) is 3.12. The van der Waals surface area contributed by atoms with Gasteiger partial charge in [-0.3, -0.25) is 4.57 Å². The van der Waals surface area contributed by atoms with Crippen LogP contribution in [0.25, 0.3) is 5.69 Å². The maximum atomic E-state index is 12.8. The van der Waals surface area contributed by atoms with Gasteiger partial charge in [0.25, 0.3) is 0 Å². The van der Waals surface area contributed by atoms with Crippen LogP contribution in [0, 0.1) is 13.8 Å². The quantitative estimate of drug-likeness (QED) is 0.383. The molecule has 0 unspecified atom stereocenters. The smallest absolute Gasteiger partial charge is 0.240 e. The standard InChI is InChI=1S/C24H24N4O2S2/c1-18-11-9-10-16-22(18)28-19(2)26-27-24(28)31-23(20-12-5-3-6-13-20)17-25-32(29,30)21-14-7-4-8-15-21/h3-16,23,25H,17H2,1-2H3/t23-/m0/s1. The molecule has 8 heteroatoms.